The lowest BCUT2D eigenvalue weighted by molar-refractivity contribution is -0.385. The van der Waals surface area contributed by atoms with Crippen LogP contribution in [-0.4, -0.2) is 43.1 Å². The smallest absolute Gasteiger partial charge is 0.311 e. The van der Waals surface area contributed by atoms with Crippen molar-refractivity contribution >= 4 is 5.69 Å². The monoisotopic (exact) mass is 307 g/mol. The second kappa shape index (κ2) is 8.10. The molecule has 1 saturated heterocycles. The van der Waals surface area contributed by atoms with Crippen molar-refractivity contribution in [1.29, 1.82) is 0 Å². The van der Waals surface area contributed by atoms with E-state index in [1.807, 2.05) is 6.07 Å². The van der Waals surface area contributed by atoms with Gasteiger partial charge in [-0.05, 0) is 50.0 Å². The maximum absolute atomic E-state index is 11.0. The molecule has 1 N–H and O–H groups in total. The number of nitro benzene ring substituents is 1. The molecule has 1 atom stereocenters. The Balaban J connectivity index is 1.81. The molecule has 0 saturated carbocycles. The summed E-state index contributed by atoms with van der Waals surface area (Å²) in [7, 11) is 1.44. The van der Waals surface area contributed by atoms with E-state index in [-0.39, 0.29) is 5.69 Å². The summed E-state index contributed by atoms with van der Waals surface area (Å²) in [5, 5.41) is 14.4. The number of nitrogens with one attached hydrogen (secondary N) is 1. The Morgan fingerprint density at radius 3 is 2.77 bits per heavy atom. The van der Waals surface area contributed by atoms with Crippen LogP contribution in [0.4, 0.5) is 5.69 Å². The number of nitrogens with zero attached hydrogens (tertiary/aromatic N) is 2. The lowest BCUT2D eigenvalue weighted by Crippen LogP contribution is -2.31. The van der Waals surface area contributed by atoms with E-state index in [1.54, 1.807) is 12.1 Å². The number of hydrogen-bond acceptors (Lipinski definition) is 5. The maximum Gasteiger partial charge on any atom is 0.311 e. The SMILES string of the molecule is COc1ccc(CNCC(C)CN2CCCC2)cc1[N+](=O)[O-]. The molecule has 22 heavy (non-hydrogen) atoms. The highest BCUT2D eigenvalue weighted by molar-refractivity contribution is 5.48. The van der Waals surface area contributed by atoms with E-state index < -0.39 is 4.92 Å². The van der Waals surface area contributed by atoms with Gasteiger partial charge in [-0.3, -0.25) is 10.1 Å². The van der Waals surface area contributed by atoms with Crippen molar-refractivity contribution in [2.75, 3.05) is 33.3 Å². The highest BCUT2D eigenvalue weighted by atomic mass is 16.6. The number of ether oxygens (including phenoxy) is 1. The molecule has 0 bridgehead atoms. The zero-order valence-corrected chi connectivity index (χ0v) is 13.4. The predicted molar refractivity (Wildman–Crippen MR) is 86.2 cm³/mol. The van der Waals surface area contributed by atoms with Crippen LogP contribution in [0.25, 0.3) is 0 Å². The van der Waals surface area contributed by atoms with Crippen LogP contribution in [0.3, 0.4) is 0 Å². The van der Waals surface area contributed by atoms with Crippen molar-refractivity contribution < 1.29 is 9.66 Å². The molecule has 1 unspecified atom stereocenters. The molecule has 0 aliphatic carbocycles. The van der Waals surface area contributed by atoms with Crippen molar-refractivity contribution in [3.8, 4) is 5.75 Å². The minimum Gasteiger partial charge on any atom is -0.490 e. The van der Waals surface area contributed by atoms with Gasteiger partial charge in [-0.25, -0.2) is 0 Å². The first kappa shape index (κ1) is 16.7. The Morgan fingerprint density at radius 2 is 2.14 bits per heavy atom. The fourth-order valence-electron chi connectivity index (χ4n) is 2.92. The third-order valence-corrected chi connectivity index (χ3v) is 4.03. The lowest BCUT2D eigenvalue weighted by atomic mass is 10.1. The molecule has 1 aliphatic heterocycles. The van der Waals surface area contributed by atoms with Gasteiger partial charge in [-0.1, -0.05) is 13.0 Å². The van der Waals surface area contributed by atoms with Gasteiger partial charge in [0, 0.05) is 19.2 Å². The molecule has 1 aromatic carbocycles. The number of hydrogen-bond donors (Lipinski definition) is 1. The summed E-state index contributed by atoms with van der Waals surface area (Å²) in [5.41, 5.74) is 0.924. The second-order valence-electron chi connectivity index (χ2n) is 6.01. The summed E-state index contributed by atoms with van der Waals surface area (Å²) in [4.78, 5) is 13.1. The molecule has 6 heteroatoms. The average Bonchev–Trinajstić information content (AvgIpc) is 2.99. The van der Waals surface area contributed by atoms with Crippen molar-refractivity contribution in [3.63, 3.8) is 0 Å². The first-order valence-electron chi connectivity index (χ1n) is 7.84. The molecule has 1 aromatic rings. The summed E-state index contributed by atoms with van der Waals surface area (Å²) in [6.45, 7) is 7.34. The maximum atomic E-state index is 11.0. The molecule has 1 aliphatic rings. The molecule has 0 amide bonds. The molecular weight excluding hydrogens is 282 g/mol. The molecule has 0 spiro atoms. The number of rotatable bonds is 8. The molecule has 6 nitrogen and oxygen atoms in total. The fourth-order valence-corrected chi connectivity index (χ4v) is 2.92. The minimum atomic E-state index is -0.404. The zero-order chi connectivity index (χ0) is 15.9. The number of methoxy groups -OCH3 is 1. The molecule has 1 fully saturated rings. The number of likely N-dealkylation sites (tertiary alicyclic amines) is 1. The second-order valence-corrected chi connectivity index (χ2v) is 6.01. The highest BCUT2D eigenvalue weighted by Crippen LogP contribution is 2.27. The quantitative estimate of drug-likeness (QED) is 0.590. The number of nitro groups is 1. The zero-order valence-electron chi connectivity index (χ0n) is 13.4. The molecule has 1 heterocycles. The van der Waals surface area contributed by atoms with Gasteiger partial charge in [0.15, 0.2) is 5.75 Å². The standard InChI is InChI=1S/C16H25N3O3/c1-13(12-18-7-3-4-8-18)10-17-11-14-5-6-16(22-2)15(9-14)19(20)21/h5-6,9,13,17H,3-4,7-8,10-12H2,1-2H3. The van der Waals surface area contributed by atoms with Crippen LogP contribution in [0.5, 0.6) is 5.75 Å². The third kappa shape index (κ3) is 4.68. The van der Waals surface area contributed by atoms with Crippen LogP contribution in [0.2, 0.25) is 0 Å². The molecule has 2 rings (SSSR count). The van der Waals surface area contributed by atoms with Gasteiger partial charge in [0.2, 0.25) is 0 Å². The molecule has 0 aromatic heterocycles. The number of benzene rings is 1. The molecular formula is C16H25N3O3. The minimum absolute atomic E-state index is 0.0203. The van der Waals surface area contributed by atoms with Crippen molar-refractivity contribution in [2.45, 2.75) is 26.3 Å². The van der Waals surface area contributed by atoms with E-state index in [1.165, 1.54) is 33.0 Å². The first-order chi connectivity index (χ1) is 10.6. The van der Waals surface area contributed by atoms with Crippen molar-refractivity contribution in [2.24, 2.45) is 5.92 Å². The van der Waals surface area contributed by atoms with E-state index >= 15 is 0 Å². The Kier molecular flexibility index (Phi) is 6.15. The van der Waals surface area contributed by atoms with Crippen LogP contribution in [0.15, 0.2) is 18.2 Å². The van der Waals surface area contributed by atoms with E-state index in [0.717, 1.165) is 18.7 Å². The summed E-state index contributed by atoms with van der Waals surface area (Å²) in [6.07, 6.45) is 2.63. The van der Waals surface area contributed by atoms with Crippen LogP contribution >= 0.6 is 0 Å². The van der Waals surface area contributed by atoms with Gasteiger partial charge in [-0.2, -0.15) is 0 Å². The van der Waals surface area contributed by atoms with Crippen molar-refractivity contribution in [1.82, 2.24) is 10.2 Å². The van der Waals surface area contributed by atoms with Gasteiger partial charge >= 0.3 is 5.69 Å². The Hall–Kier alpha value is -1.66. The van der Waals surface area contributed by atoms with Crippen molar-refractivity contribution in [3.05, 3.63) is 33.9 Å². The van der Waals surface area contributed by atoms with E-state index in [0.29, 0.717) is 18.2 Å². The van der Waals surface area contributed by atoms with E-state index in [9.17, 15) is 10.1 Å². The Morgan fingerprint density at radius 1 is 1.41 bits per heavy atom. The first-order valence-corrected chi connectivity index (χ1v) is 7.84. The van der Waals surface area contributed by atoms with Gasteiger partial charge in [0.05, 0.1) is 12.0 Å². The summed E-state index contributed by atoms with van der Waals surface area (Å²) in [6, 6.07) is 5.10. The highest BCUT2D eigenvalue weighted by Gasteiger charge is 2.16. The lowest BCUT2D eigenvalue weighted by Gasteiger charge is -2.20. The van der Waals surface area contributed by atoms with Gasteiger partial charge < -0.3 is 15.0 Å². The van der Waals surface area contributed by atoms with Crippen LogP contribution in [-0.2, 0) is 6.54 Å². The molecule has 0 radical (unpaired) electrons. The summed E-state index contributed by atoms with van der Waals surface area (Å²) < 4.78 is 5.01. The third-order valence-electron chi connectivity index (χ3n) is 4.03. The topological polar surface area (TPSA) is 67.6 Å². The summed E-state index contributed by atoms with van der Waals surface area (Å²) >= 11 is 0. The molecule has 122 valence electrons. The Labute approximate surface area is 131 Å². The predicted octanol–water partition coefficient (Wildman–Crippen LogP) is 2.42. The van der Waals surface area contributed by atoms with Crippen LogP contribution in [0.1, 0.15) is 25.3 Å². The Bertz CT molecular complexity index is 501. The van der Waals surface area contributed by atoms with E-state index in [2.05, 4.69) is 17.1 Å². The summed E-state index contributed by atoms with van der Waals surface area (Å²) in [5.74, 6) is 0.877. The van der Waals surface area contributed by atoms with E-state index in [4.69, 9.17) is 4.74 Å². The average molecular weight is 307 g/mol. The van der Waals surface area contributed by atoms with Gasteiger partial charge in [0.1, 0.15) is 0 Å². The van der Waals surface area contributed by atoms with Gasteiger partial charge in [-0.15, -0.1) is 0 Å². The normalized spacial score (nSPS) is 16.6. The van der Waals surface area contributed by atoms with Crippen LogP contribution < -0.4 is 10.1 Å². The largest absolute Gasteiger partial charge is 0.490 e. The fraction of sp³-hybridized carbons (Fsp3) is 0.625. The van der Waals surface area contributed by atoms with Gasteiger partial charge in [0.25, 0.3) is 0 Å². The van der Waals surface area contributed by atoms with Crippen LogP contribution in [0, 0.1) is 16.0 Å².